The van der Waals surface area contributed by atoms with E-state index in [1.807, 2.05) is 24.3 Å². The van der Waals surface area contributed by atoms with Crippen LogP contribution in [0.4, 0.5) is 5.82 Å². The molecule has 9 heteroatoms. The highest BCUT2D eigenvalue weighted by molar-refractivity contribution is 6.06. The number of para-hydroxylation sites is 1. The number of amides is 1. The molecule has 0 atom stereocenters. The minimum absolute atomic E-state index is 0.215. The fourth-order valence-electron chi connectivity index (χ4n) is 2.46. The zero-order valence-corrected chi connectivity index (χ0v) is 13.7. The van der Waals surface area contributed by atoms with E-state index >= 15 is 0 Å². The van der Waals surface area contributed by atoms with Crippen LogP contribution >= 0.6 is 0 Å². The minimum Gasteiger partial charge on any atom is -0.360 e. The van der Waals surface area contributed by atoms with Crippen molar-refractivity contribution in [2.24, 2.45) is 5.10 Å². The van der Waals surface area contributed by atoms with E-state index in [1.54, 1.807) is 20.0 Å². The van der Waals surface area contributed by atoms with Gasteiger partial charge in [-0.1, -0.05) is 18.2 Å². The van der Waals surface area contributed by atoms with Crippen LogP contribution < -0.4 is 5.43 Å². The van der Waals surface area contributed by atoms with E-state index in [-0.39, 0.29) is 18.3 Å². The van der Waals surface area contributed by atoms with E-state index in [0.29, 0.717) is 17.0 Å². The summed E-state index contributed by atoms with van der Waals surface area (Å²) < 4.78 is 1.47. The molecule has 0 aliphatic carbocycles. The summed E-state index contributed by atoms with van der Waals surface area (Å²) >= 11 is 0. The lowest BCUT2D eigenvalue weighted by Crippen LogP contribution is -2.20. The predicted molar refractivity (Wildman–Crippen MR) is 92.5 cm³/mol. The summed E-state index contributed by atoms with van der Waals surface area (Å²) in [7, 11) is 0. The standard InChI is InChI=1S/C16H16N6O3/c1-10(9-21-11(2)7-15(20-21)22(24)25)18-19-16(23)13-8-17-14-6-4-3-5-12(13)14/h3-8,17H,9H2,1-2H3,(H,19,23). The lowest BCUT2D eigenvalue weighted by atomic mass is 10.2. The topological polar surface area (TPSA) is 118 Å². The number of nitrogens with zero attached hydrogens (tertiary/aromatic N) is 4. The fourth-order valence-corrected chi connectivity index (χ4v) is 2.46. The van der Waals surface area contributed by atoms with Gasteiger partial charge < -0.3 is 15.1 Å². The second-order valence-electron chi connectivity index (χ2n) is 5.59. The first-order valence-corrected chi connectivity index (χ1v) is 7.54. The summed E-state index contributed by atoms with van der Waals surface area (Å²) in [5.74, 6) is -0.548. The van der Waals surface area contributed by atoms with Crippen LogP contribution in [0.15, 0.2) is 41.6 Å². The number of hydrazone groups is 1. The number of H-pyrrole nitrogens is 1. The third kappa shape index (κ3) is 3.39. The molecule has 0 bridgehead atoms. The summed E-state index contributed by atoms with van der Waals surface area (Å²) in [5.41, 5.74) is 5.07. The Morgan fingerprint density at radius 2 is 2.20 bits per heavy atom. The van der Waals surface area contributed by atoms with E-state index in [2.05, 4.69) is 20.6 Å². The first-order valence-electron chi connectivity index (χ1n) is 7.54. The van der Waals surface area contributed by atoms with Gasteiger partial charge in [-0.15, -0.1) is 0 Å². The van der Waals surface area contributed by atoms with Gasteiger partial charge in [-0.3, -0.25) is 4.79 Å². The molecule has 0 aliphatic heterocycles. The summed E-state index contributed by atoms with van der Waals surface area (Å²) in [4.78, 5) is 25.5. The Kier molecular flexibility index (Phi) is 4.29. The number of carbonyl (C=O) groups excluding carboxylic acids is 1. The van der Waals surface area contributed by atoms with Crippen molar-refractivity contribution in [3.8, 4) is 0 Å². The summed E-state index contributed by atoms with van der Waals surface area (Å²) in [5, 5.41) is 19.5. The third-order valence-corrected chi connectivity index (χ3v) is 3.72. The lowest BCUT2D eigenvalue weighted by molar-refractivity contribution is -0.389. The van der Waals surface area contributed by atoms with Gasteiger partial charge in [-0.2, -0.15) is 9.78 Å². The summed E-state index contributed by atoms with van der Waals surface area (Å²) in [6.45, 7) is 3.67. The Bertz CT molecular complexity index is 985. The van der Waals surface area contributed by atoms with Gasteiger partial charge in [0.15, 0.2) is 0 Å². The van der Waals surface area contributed by atoms with Gasteiger partial charge in [0.1, 0.15) is 6.54 Å². The number of carbonyl (C=O) groups is 1. The Hall–Kier alpha value is -3.49. The maximum Gasteiger partial charge on any atom is 0.390 e. The maximum atomic E-state index is 12.3. The lowest BCUT2D eigenvalue weighted by Gasteiger charge is -2.02. The molecule has 0 radical (unpaired) electrons. The van der Waals surface area contributed by atoms with Gasteiger partial charge in [0, 0.05) is 17.1 Å². The molecule has 0 spiro atoms. The van der Waals surface area contributed by atoms with Crippen molar-refractivity contribution >= 4 is 28.3 Å². The highest BCUT2D eigenvalue weighted by atomic mass is 16.6. The van der Waals surface area contributed by atoms with Crippen molar-refractivity contribution in [2.45, 2.75) is 20.4 Å². The highest BCUT2D eigenvalue weighted by Gasteiger charge is 2.16. The van der Waals surface area contributed by atoms with Crippen molar-refractivity contribution in [1.82, 2.24) is 20.2 Å². The summed E-state index contributed by atoms with van der Waals surface area (Å²) in [6, 6.07) is 8.86. The Morgan fingerprint density at radius 3 is 2.92 bits per heavy atom. The molecule has 2 heterocycles. The molecule has 2 aromatic heterocycles. The Morgan fingerprint density at radius 1 is 1.44 bits per heavy atom. The molecule has 1 aromatic carbocycles. The van der Waals surface area contributed by atoms with Crippen molar-refractivity contribution in [1.29, 1.82) is 0 Å². The number of hydrogen-bond acceptors (Lipinski definition) is 5. The number of hydrogen-bond donors (Lipinski definition) is 2. The van der Waals surface area contributed by atoms with Gasteiger partial charge in [0.05, 0.1) is 28.1 Å². The number of nitro groups is 1. The molecular formula is C16H16N6O3. The Balaban J connectivity index is 1.71. The van der Waals surface area contributed by atoms with Gasteiger partial charge in [0.2, 0.25) is 0 Å². The van der Waals surface area contributed by atoms with Crippen LogP contribution in [0, 0.1) is 17.0 Å². The molecule has 0 aliphatic rings. The number of aryl methyl sites for hydroxylation is 1. The van der Waals surface area contributed by atoms with Crippen LogP contribution in [0.3, 0.4) is 0 Å². The van der Waals surface area contributed by atoms with Crippen molar-refractivity contribution < 1.29 is 9.72 Å². The van der Waals surface area contributed by atoms with Crippen molar-refractivity contribution in [2.75, 3.05) is 0 Å². The molecule has 1 amide bonds. The van der Waals surface area contributed by atoms with E-state index in [9.17, 15) is 14.9 Å². The minimum atomic E-state index is -0.547. The first kappa shape index (κ1) is 16.4. The highest BCUT2D eigenvalue weighted by Crippen LogP contribution is 2.17. The molecule has 0 saturated carbocycles. The molecule has 3 aromatic rings. The number of fused-ring (bicyclic) bond motifs is 1. The van der Waals surface area contributed by atoms with E-state index in [4.69, 9.17) is 0 Å². The molecule has 0 fully saturated rings. The van der Waals surface area contributed by atoms with Crippen LogP contribution in [0.2, 0.25) is 0 Å². The monoisotopic (exact) mass is 340 g/mol. The smallest absolute Gasteiger partial charge is 0.360 e. The van der Waals surface area contributed by atoms with Crippen molar-refractivity contribution in [3.05, 3.63) is 57.9 Å². The van der Waals surface area contributed by atoms with Crippen LogP contribution in [0.25, 0.3) is 10.9 Å². The van der Waals surface area contributed by atoms with Crippen molar-refractivity contribution in [3.63, 3.8) is 0 Å². The normalized spacial score (nSPS) is 11.7. The van der Waals surface area contributed by atoms with Crippen LogP contribution in [-0.2, 0) is 6.54 Å². The second kappa shape index (κ2) is 6.56. The molecule has 128 valence electrons. The SMILES string of the molecule is CC(Cn1nc([N+](=O)[O-])cc1C)=NNC(=O)c1c[nH]c2ccccc12. The van der Waals surface area contributed by atoms with Crippen LogP contribution in [-0.4, -0.2) is 31.3 Å². The molecule has 25 heavy (non-hydrogen) atoms. The van der Waals surface area contributed by atoms with Gasteiger partial charge >= 0.3 is 5.82 Å². The molecule has 2 N–H and O–H groups in total. The van der Waals surface area contributed by atoms with E-state index < -0.39 is 4.92 Å². The number of nitrogens with one attached hydrogen (secondary N) is 2. The zero-order valence-electron chi connectivity index (χ0n) is 13.7. The molecular weight excluding hydrogens is 324 g/mol. The fraction of sp³-hybridized carbons (Fsp3) is 0.188. The molecule has 9 nitrogen and oxygen atoms in total. The van der Waals surface area contributed by atoms with Gasteiger partial charge in [0.25, 0.3) is 5.91 Å². The predicted octanol–water partition coefficient (Wildman–Crippen LogP) is 2.39. The summed E-state index contributed by atoms with van der Waals surface area (Å²) in [6.07, 6.45) is 1.63. The second-order valence-corrected chi connectivity index (χ2v) is 5.59. The van der Waals surface area contributed by atoms with Crippen LogP contribution in [0.5, 0.6) is 0 Å². The number of aromatic nitrogens is 3. The van der Waals surface area contributed by atoms with Gasteiger partial charge in [-0.25, -0.2) is 5.43 Å². The third-order valence-electron chi connectivity index (χ3n) is 3.72. The first-order chi connectivity index (χ1) is 12.0. The maximum absolute atomic E-state index is 12.3. The average molecular weight is 340 g/mol. The van der Waals surface area contributed by atoms with E-state index in [1.165, 1.54) is 10.7 Å². The largest absolute Gasteiger partial charge is 0.390 e. The number of aromatic amines is 1. The zero-order chi connectivity index (χ0) is 18.0. The molecule has 3 rings (SSSR count). The number of rotatable bonds is 5. The van der Waals surface area contributed by atoms with Gasteiger partial charge in [-0.05, 0) is 24.8 Å². The average Bonchev–Trinajstić information content (AvgIpc) is 3.17. The quantitative estimate of drug-likeness (QED) is 0.421. The molecule has 0 unspecified atom stereocenters. The molecule has 0 saturated heterocycles. The van der Waals surface area contributed by atoms with E-state index in [0.717, 1.165) is 10.9 Å². The Labute approximate surface area is 142 Å². The number of benzene rings is 1. The van der Waals surface area contributed by atoms with Crippen LogP contribution in [0.1, 0.15) is 23.0 Å².